The van der Waals surface area contributed by atoms with Gasteiger partial charge in [-0.15, -0.1) is 0 Å². The molecule has 0 fully saturated rings. The van der Waals surface area contributed by atoms with Crippen LogP contribution < -0.4 is 4.74 Å². The molecule has 5 heteroatoms. The monoisotopic (exact) mass is 254 g/mol. The number of hydrogen-bond acceptors (Lipinski definition) is 3. The Morgan fingerprint density at radius 2 is 2.22 bits per heavy atom. The minimum Gasteiger partial charge on any atom is -0.490 e. The van der Waals surface area contributed by atoms with Gasteiger partial charge in [0.1, 0.15) is 5.75 Å². The summed E-state index contributed by atoms with van der Waals surface area (Å²) in [5.41, 5.74) is 0.279. The van der Waals surface area contributed by atoms with E-state index in [-0.39, 0.29) is 22.9 Å². The average molecular weight is 254 g/mol. The fraction of sp³-hybridized carbons (Fsp3) is 0.308. The van der Waals surface area contributed by atoms with E-state index in [1.165, 1.54) is 18.2 Å². The van der Waals surface area contributed by atoms with E-state index in [9.17, 15) is 13.6 Å². The molecular formula is C13H12F2O3. The van der Waals surface area contributed by atoms with Crippen molar-refractivity contribution in [1.82, 2.24) is 0 Å². The number of ketones is 1. The molecule has 1 aromatic rings. The Bertz CT molecular complexity index is 469. The van der Waals surface area contributed by atoms with E-state index >= 15 is 0 Å². The largest absolute Gasteiger partial charge is 0.490 e. The van der Waals surface area contributed by atoms with Crippen molar-refractivity contribution in [3.63, 3.8) is 0 Å². The topological polar surface area (TPSA) is 35.5 Å². The number of Topliss-reactive ketones (excluding diaryl/α,β-unsaturated/α-hetero) is 1. The molecule has 1 aromatic carbocycles. The fourth-order valence-corrected chi connectivity index (χ4v) is 1.67. The first-order chi connectivity index (χ1) is 8.66. The molecule has 0 N–H and O–H groups in total. The number of alkyl halides is 2. The number of halogens is 2. The molecule has 1 aliphatic heterocycles. The summed E-state index contributed by atoms with van der Waals surface area (Å²) in [5.74, 6) is -0.0721. The SMILES string of the molecule is O=C(C1=CCCCO1)c1cccc(OC(F)F)c1. The van der Waals surface area contributed by atoms with Crippen LogP contribution in [0.5, 0.6) is 5.75 Å². The summed E-state index contributed by atoms with van der Waals surface area (Å²) in [6.07, 6.45) is 3.38. The number of carbonyl (C=O) groups excluding carboxylic acids is 1. The van der Waals surface area contributed by atoms with Crippen molar-refractivity contribution in [3.8, 4) is 5.75 Å². The zero-order valence-corrected chi connectivity index (χ0v) is 9.57. The number of benzene rings is 1. The first-order valence-electron chi connectivity index (χ1n) is 5.59. The first-order valence-corrected chi connectivity index (χ1v) is 5.59. The molecule has 0 spiro atoms. The summed E-state index contributed by atoms with van der Waals surface area (Å²) in [6, 6.07) is 5.69. The molecule has 1 heterocycles. The highest BCUT2D eigenvalue weighted by Gasteiger charge is 2.17. The molecule has 0 atom stereocenters. The highest BCUT2D eigenvalue weighted by atomic mass is 19.3. The van der Waals surface area contributed by atoms with Crippen molar-refractivity contribution < 1.29 is 23.0 Å². The van der Waals surface area contributed by atoms with Crippen LogP contribution in [-0.2, 0) is 4.74 Å². The maximum Gasteiger partial charge on any atom is 0.387 e. The number of ether oxygens (including phenoxy) is 2. The van der Waals surface area contributed by atoms with Crippen LogP contribution in [0.25, 0.3) is 0 Å². The lowest BCUT2D eigenvalue weighted by Gasteiger charge is -2.14. The van der Waals surface area contributed by atoms with Crippen LogP contribution in [0.2, 0.25) is 0 Å². The molecule has 18 heavy (non-hydrogen) atoms. The van der Waals surface area contributed by atoms with Crippen molar-refractivity contribution in [2.75, 3.05) is 6.61 Å². The maximum atomic E-state index is 12.1. The van der Waals surface area contributed by atoms with Crippen molar-refractivity contribution in [2.24, 2.45) is 0 Å². The molecule has 0 bridgehead atoms. The number of allylic oxidation sites excluding steroid dienone is 2. The Balaban J connectivity index is 2.17. The molecule has 0 saturated heterocycles. The predicted octanol–water partition coefficient (Wildman–Crippen LogP) is 3.17. The first kappa shape index (κ1) is 12.5. The van der Waals surface area contributed by atoms with Gasteiger partial charge in [0.15, 0.2) is 5.76 Å². The molecule has 0 saturated carbocycles. The zero-order chi connectivity index (χ0) is 13.0. The Labute approximate surface area is 103 Å². The summed E-state index contributed by atoms with van der Waals surface area (Å²) in [5, 5.41) is 0. The van der Waals surface area contributed by atoms with Gasteiger partial charge in [0.2, 0.25) is 5.78 Å². The van der Waals surface area contributed by atoms with Gasteiger partial charge < -0.3 is 9.47 Å². The van der Waals surface area contributed by atoms with Gasteiger partial charge in [-0.3, -0.25) is 4.79 Å². The van der Waals surface area contributed by atoms with E-state index in [0.717, 1.165) is 12.8 Å². The lowest BCUT2D eigenvalue weighted by atomic mass is 10.1. The van der Waals surface area contributed by atoms with Crippen molar-refractivity contribution in [3.05, 3.63) is 41.7 Å². The van der Waals surface area contributed by atoms with Crippen LogP contribution in [0.1, 0.15) is 23.2 Å². The van der Waals surface area contributed by atoms with Crippen LogP contribution in [0.4, 0.5) is 8.78 Å². The van der Waals surface area contributed by atoms with E-state index < -0.39 is 6.61 Å². The van der Waals surface area contributed by atoms with Gasteiger partial charge in [0.25, 0.3) is 0 Å². The minimum atomic E-state index is -2.90. The van der Waals surface area contributed by atoms with Gasteiger partial charge in [-0.05, 0) is 31.1 Å². The van der Waals surface area contributed by atoms with E-state index in [1.54, 1.807) is 12.1 Å². The number of hydrogen-bond donors (Lipinski definition) is 0. The third-order valence-electron chi connectivity index (χ3n) is 2.48. The Hall–Kier alpha value is -1.91. The molecule has 0 radical (unpaired) electrons. The molecule has 3 nitrogen and oxygen atoms in total. The summed E-state index contributed by atoms with van der Waals surface area (Å²) in [4.78, 5) is 12.0. The zero-order valence-electron chi connectivity index (χ0n) is 9.57. The smallest absolute Gasteiger partial charge is 0.387 e. The third-order valence-corrected chi connectivity index (χ3v) is 2.48. The number of rotatable bonds is 4. The summed E-state index contributed by atoms with van der Waals surface area (Å²) in [7, 11) is 0. The quantitative estimate of drug-likeness (QED) is 0.774. The second-order valence-corrected chi connectivity index (χ2v) is 3.79. The number of carbonyl (C=O) groups is 1. The van der Waals surface area contributed by atoms with E-state index in [1.807, 2.05) is 0 Å². The highest BCUT2D eigenvalue weighted by Crippen LogP contribution is 2.20. The molecular weight excluding hydrogens is 242 g/mol. The van der Waals surface area contributed by atoms with Gasteiger partial charge in [-0.2, -0.15) is 8.78 Å². The minimum absolute atomic E-state index is 0.0349. The molecule has 0 aliphatic carbocycles. The lowest BCUT2D eigenvalue weighted by Crippen LogP contribution is -2.11. The molecule has 96 valence electrons. The van der Waals surface area contributed by atoms with Crippen LogP contribution in [0, 0.1) is 0 Å². The van der Waals surface area contributed by atoms with Crippen molar-refractivity contribution in [1.29, 1.82) is 0 Å². The molecule has 0 aromatic heterocycles. The Morgan fingerprint density at radius 3 is 2.89 bits per heavy atom. The van der Waals surface area contributed by atoms with Crippen molar-refractivity contribution >= 4 is 5.78 Å². The fourth-order valence-electron chi connectivity index (χ4n) is 1.67. The normalized spacial score (nSPS) is 14.9. The molecule has 2 rings (SSSR count). The van der Waals surface area contributed by atoms with E-state index in [0.29, 0.717) is 6.61 Å². The Morgan fingerprint density at radius 1 is 1.39 bits per heavy atom. The van der Waals surface area contributed by atoms with Gasteiger partial charge >= 0.3 is 6.61 Å². The summed E-state index contributed by atoms with van der Waals surface area (Å²) < 4.78 is 33.6. The van der Waals surface area contributed by atoms with E-state index in [4.69, 9.17) is 4.74 Å². The molecule has 0 amide bonds. The standard InChI is InChI=1S/C13H12F2O3/c14-13(15)18-10-5-3-4-9(8-10)12(16)11-6-1-2-7-17-11/h3-6,8,13H,1-2,7H2. The van der Waals surface area contributed by atoms with Crippen LogP contribution in [0.15, 0.2) is 36.1 Å². The van der Waals surface area contributed by atoms with Crippen LogP contribution >= 0.6 is 0 Å². The maximum absolute atomic E-state index is 12.1. The summed E-state index contributed by atoms with van der Waals surface area (Å²) >= 11 is 0. The molecule has 1 aliphatic rings. The average Bonchev–Trinajstić information content (AvgIpc) is 2.38. The summed E-state index contributed by atoms with van der Waals surface area (Å²) in [6.45, 7) is -2.40. The predicted molar refractivity (Wildman–Crippen MR) is 60.7 cm³/mol. The highest BCUT2D eigenvalue weighted by molar-refractivity contribution is 6.07. The van der Waals surface area contributed by atoms with E-state index in [2.05, 4.69) is 4.74 Å². The van der Waals surface area contributed by atoms with Crippen molar-refractivity contribution in [2.45, 2.75) is 19.5 Å². The Kier molecular flexibility index (Phi) is 3.92. The van der Waals surface area contributed by atoms with Gasteiger partial charge in [0, 0.05) is 5.56 Å². The van der Waals surface area contributed by atoms with Crippen LogP contribution in [-0.4, -0.2) is 19.0 Å². The van der Waals surface area contributed by atoms with Gasteiger partial charge in [-0.25, -0.2) is 0 Å². The second-order valence-electron chi connectivity index (χ2n) is 3.79. The second kappa shape index (κ2) is 5.62. The van der Waals surface area contributed by atoms with Gasteiger partial charge in [-0.1, -0.05) is 12.1 Å². The molecule has 0 unspecified atom stereocenters. The third kappa shape index (κ3) is 3.06. The van der Waals surface area contributed by atoms with Crippen LogP contribution in [0.3, 0.4) is 0 Å². The van der Waals surface area contributed by atoms with Gasteiger partial charge in [0.05, 0.1) is 6.61 Å². The lowest BCUT2D eigenvalue weighted by molar-refractivity contribution is -0.0498.